The molecule has 14 heavy (non-hydrogen) atoms. The lowest BCUT2D eigenvalue weighted by Gasteiger charge is -2.05. The van der Waals surface area contributed by atoms with Gasteiger partial charge in [-0.1, -0.05) is 28.1 Å². The zero-order valence-corrected chi connectivity index (χ0v) is 9.97. The molecule has 3 heteroatoms. The molecule has 0 spiro atoms. The van der Waals surface area contributed by atoms with E-state index in [1.165, 1.54) is 5.56 Å². The van der Waals surface area contributed by atoms with Gasteiger partial charge in [0.1, 0.15) is 0 Å². The molecule has 0 aliphatic heterocycles. The topological polar surface area (TPSA) is 43.1 Å². The minimum absolute atomic E-state index is 0.0701. The van der Waals surface area contributed by atoms with E-state index < -0.39 is 0 Å². The molecular formula is C11H14BrNO. The highest BCUT2D eigenvalue weighted by Crippen LogP contribution is 2.17. The molecule has 76 valence electrons. The second kappa shape index (κ2) is 4.71. The molecule has 0 radical (unpaired) electrons. The van der Waals surface area contributed by atoms with Crippen molar-refractivity contribution in [1.29, 1.82) is 0 Å². The molecule has 1 unspecified atom stereocenters. The van der Waals surface area contributed by atoms with Gasteiger partial charge in [-0.25, -0.2) is 0 Å². The van der Waals surface area contributed by atoms with Crippen LogP contribution in [0, 0.1) is 6.92 Å². The van der Waals surface area contributed by atoms with E-state index in [-0.39, 0.29) is 11.8 Å². The molecule has 0 bridgehead atoms. The third-order valence-electron chi connectivity index (χ3n) is 2.12. The van der Waals surface area contributed by atoms with Crippen LogP contribution in [0.3, 0.4) is 0 Å². The molecule has 0 fully saturated rings. The summed E-state index contributed by atoms with van der Waals surface area (Å²) in [5, 5.41) is 0. The number of hydrogen-bond acceptors (Lipinski definition) is 2. The lowest BCUT2D eigenvalue weighted by Crippen LogP contribution is -2.28. The Morgan fingerprint density at radius 3 is 2.71 bits per heavy atom. The van der Waals surface area contributed by atoms with Crippen LogP contribution in [0.15, 0.2) is 22.7 Å². The predicted molar refractivity (Wildman–Crippen MR) is 61.2 cm³/mol. The van der Waals surface area contributed by atoms with Gasteiger partial charge in [-0.3, -0.25) is 4.79 Å². The van der Waals surface area contributed by atoms with Gasteiger partial charge in [-0.2, -0.15) is 0 Å². The van der Waals surface area contributed by atoms with E-state index in [1.54, 1.807) is 6.92 Å². The zero-order valence-electron chi connectivity index (χ0n) is 8.38. The molecule has 1 atom stereocenters. The van der Waals surface area contributed by atoms with Crippen LogP contribution in [0.25, 0.3) is 0 Å². The van der Waals surface area contributed by atoms with Gasteiger partial charge in [0, 0.05) is 10.9 Å². The number of rotatable bonds is 3. The van der Waals surface area contributed by atoms with Crippen LogP contribution in [-0.4, -0.2) is 11.8 Å². The van der Waals surface area contributed by atoms with Gasteiger partial charge >= 0.3 is 0 Å². The number of nitrogens with two attached hydrogens (primary N) is 1. The number of halogens is 1. The highest BCUT2D eigenvalue weighted by molar-refractivity contribution is 9.10. The highest BCUT2D eigenvalue weighted by Gasteiger charge is 2.08. The summed E-state index contributed by atoms with van der Waals surface area (Å²) in [6.45, 7) is 3.73. The molecule has 1 aromatic carbocycles. The van der Waals surface area contributed by atoms with Crippen molar-refractivity contribution in [3.05, 3.63) is 33.8 Å². The summed E-state index contributed by atoms with van der Waals surface area (Å²) in [4.78, 5) is 11.4. The molecule has 0 amide bonds. The second-order valence-electron chi connectivity index (χ2n) is 3.52. The maximum Gasteiger partial charge on any atom is 0.153 e. The van der Waals surface area contributed by atoms with Crippen LogP contribution in [-0.2, 0) is 11.2 Å². The van der Waals surface area contributed by atoms with E-state index in [2.05, 4.69) is 15.9 Å². The lowest BCUT2D eigenvalue weighted by atomic mass is 10.0. The number of hydrogen-bond donors (Lipinski definition) is 1. The van der Waals surface area contributed by atoms with Crippen LogP contribution in [0.5, 0.6) is 0 Å². The summed E-state index contributed by atoms with van der Waals surface area (Å²) in [6.07, 6.45) is 0.413. The van der Waals surface area contributed by atoms with Crippen molar-refractivity contribution < 1.29 is 4.79 Å². The van der Waals surface area contributed by atoms with Crippen molar-refractivity contribution in [2.45, 2.75) is 26.3 Å². The van der Waals surface area contributed by atoms with Crippen LogP contribution in [0.2, 0.25) is 0 Å². The van der Waals surface area contributed by atoms with Crippen molar-refractivity contribution >= 4 is 21.7 Å². The SMILES string of the molecule is Cc1ccc(CC(=O)C(C)N)cc1Br. The van der Waals surface area contributed by atoms with E-state index in [0.717, 1.165) is 10.0 Å². The fraction of sp³-hybridized carbons (Fsp3) is 0.364. The van der Waals surface area contributed by atoms with Crippen molar-refractivity contribution in [3.8, 4) is 0 Å². The van der Waals surface area contributed by atoms with Crippen molar-refractivity contribution in [3.63, 3.8) is 0 Å². The van der Waals surface area contributed by atoms with Gasteiger partial charge in [0.05, 0.1) is 6.04 Å². The van der Waals surface area contributed by atoms with Crippen LogP contribution >= 0.6 is 15.9 Å². The van der Waals surface area contributed by atoms with Gasteiger partial charge < -0.3 is 5.73 Å². The van der Waals surface area contributed by atoms with Gasteiger partial charge in [-0.15, -0.1) is 0 Å². The van der Waals surface area contributed by atoms with Gasteiger partial charge in [0.15, 0.2) is 5.78 Å². The number of aryl methyl sites for hydroxylation is 1. The fourth-order valence-corrected chi connectivity index (χ4v) is 1.53. The Morgan fingerprint density at radius 2 is 2.21 bits per heavy atom. The molecule has 0 aromatic heterocycles. The fourth-order valence-electron chi connectivity index (χ4n) is 1.11. The molecule has 1 aromatic rings. The first kappa shape index (κ1) is 11.4. The molecule has 2 N–H and O–H groups in total. The molecule has 0 aliphatic carbocycles. The van der Waals surface area contributed by atoms with E-state index in [1.807, 2.05) is 25.1 Å². The Hall–Kier alpha value is -0.670. The molecule has 0 saturated heterocycles. The number of ketones is 1. The summed E-state index contributed by atoms with van der Waals surface area (Å²) in [5.41, 5.74) is 7.66. The largest absolute Gasteiger partial charge is 0.322 e. The van der Waals surface area contributed by atoms with Crippen LogP contribution in [0.4, 0.5) is 0 Å². The Labute approximate surface area is 92.6 Å². The van der Waals surface area contributed by atoms with Crippen LogP contribution in [0.1, 0.15) is 18.1 Å². The van der Waals surface area contributed by atoms with Crippen molar-refractivity contribution in [2.24, 2.45) is 5.73 Å². The first-order chi connectivity index (χ1) is 6.50. The first-order valence-electron chi connectivity index (χ1n) is 4.54. The zero-order chi connectivity index (χ0) is 10.7. The minimum Gasteiger partial charge on any atom is -0.322 e. The summed E-state index contributed by atoms with van der Waals surface area (Å²) >= 11 is 3.43. The number of carbonyl (C=O) groups is 1. The van der Waals surface area contributed by atoms with Crippen molar-refractivity contribution in [1.82, 2.24) is 0 Å². The van der Waals surface area contributed by atoms with E-state index in [0.29, 0.717) is 6.42 Å². The van der Waals surface area contributed by atoms with Gasteiger partial charge in [-0.05, 0) is 31.0 Å². The number of carbonyl (C=O) groups excluding carboxylic acids is 1. The average Bonchev–Trinajstić information content (AvgIpc) is 2.11. The third-order valence-corrected chi connectivity index (χ3v) is 2.98. The number of benzene rings is 1. The standard InChI is InChI=1S/C11H14BrNO/c1-7-3-4-9(5-10(7)12)6-11(14)8(2)13/h3-5,8H,6,13H2,1-2H3. The highest BCUT2D eigenvalue weighted by atomic mass is 79.9. The maximum absolute atomic E-state index is 11.4. The lowest BCUT2D eigenvalue weighted by molar-refractivity contribution is -0.119. The Morgan fingerprint density at radius 1 is 1.57 bits per heavy atom. The summed E-state index contributed by atoms with van der Waals surface area (Å²) in [6, 6.07) is 5.54. The van der Waals surface area contributed by atoms with E-state index >= 15 is 0 Å². The van der Waals surface area contributed by atoms with Crippen molar-refractivity contribution in [2.75, 3.05) is 0 Å². The number of Topliss-reactive ketones (excluding diaryl/α,β-unsaturated/α-hetero) is 1. The molecular weight excluding hydrogens is 242 g/mol. The molecule has 0 aliphatic rings. The van der Waals surface area contributed by atoms with E-state index in [9.17, 15) is 4.79 Å². The molecule has 0 saturated carbocycles. The summed E-state index contributed by atoms with van der Waals surface area (Å²) in [5.74, 6) is 0.0701. The summed E-state index contributed by atoms with van der Waals surface area (Å²) in [7, 11) is 0. The quantitative estimate of drug-likeness (QED) is 0.901. The van der Waals surface area contributed by atoms with Crippen LogP contribution < -0.4 is 5.73 Å². The molecule has 1 rings (SSSR count). The second-order valence-corrected chi connectivity index (χ2v) is 4.37. The predicted octanol–water partition coefficient (Wildman–Crippen LogP) is 2.22. The minimum atomic E-state index is -0.380. The van der Waals surface area contributed by atoms with Gasteiger partial charge in [0.2, 0.25) is 0 Å². The maximum atomic E-state index is 11.4. The monoisotopic (exact) mass is 255 g/mol. The summed E-state index contributed by atoms with van der Waals surface area (Å²) < 4.78 is 1.03. The Bertz CT molecular complexity index is 347. The smallest absolute Gasteiger partial charge is 0.153 e. The Kier molecular flexibility index (Phi) is 3.84. The Balaban J connectivity index is 2.78. The molecule has 2 nitrogen and oxygen atoms in total. The molecule has 0 heterocycles. The normalized spacial score (nSPS) is 12.6. The van der Waals surface area contributed by atoms with E-state index in [4.69, 9.17) is 5.73 Å². The third kappa shape index (κ3) is 2.93. The van der Waals surface area contributed by atoms with Gasteiger partial charge in [0.25, 0.3) is 0 Å². The first-order valence-corrected chi connectivity index (χ1v) is 5.33. The average molecular weight is 256 g/mol.